The quantitative estimate of drug-likeness (QED) is 0.446. The molecule has 5 rings (SSSR count). The molecular weight excluding hydrogens is 404 g/mol. The van der Waals surface area contributed by atoms with E-state index in [9.17, 15) is 4.79 Å². The summed E-state index contributed by atoms with van der Waals surface area (Å²) in [5, 5.41) is 13.7. The third kappa shape index (κ3) is 4.19. The fourth-order valence-corrected chi connectivity index (χ4v) is 3.84. The third-order valence-electron chi connectivity index (χ3n) is 5.73. The molecule has 0 atom stereocenters. The minimum absolute atomic E-state index is 0.0974. The number of nitrogens with zero attached hydrogens (tertiary/aromatic N) is 8. The number of rotatable bonds is 5. The molecule has 32 heavy (non-hydrogen) atoms. The molecule has 162 valence electrons. The topological polar surface area (TPSA) is 92.9 Å². The molecule has 3 aromatic heterocycles. The predicted octanol–water partition coefficient (Wildman–Crippen LogP) is 2.00. The molecule has 0 unspecified atom stereocenters. The van der Waals surface area contributed by atoms with Gasteiger partial charge in [0.2, 0.25) is 5.95 Å². The van der Waals surface area contributed by atoms with Gasteiger partial charge in [-0.25, -0.2) is 9.97 Å². The zero-order valence-corrected chi connectivity index (χ0v) is 18.1. The van der Waals surface area contributed by atoms with Gasteiger partial charge in [-0.2, -0.15) is 15.3 Å². The lowest BCUT2D eigenvalue weighted by Gasteiger charge is -2.32. The minimum Gasteiger partial charge on any atom is -0.338 e. The lowest BCUT2D eigenvalue weighted by atomic mass is 10.1. The van der Waals surface area contributed by atoms with Gasteiger partial charge in [-0.1, -0.05) is 6.07 Å². The molecule has 0 aliphatic carbocycles. The van der Waals surface area contributed by atoms with Crippen LogP contribution in [0.25, 0.3) is 22.0 Å². The Morgan fingerprint density at radius 2 is 1.84 bits per heavy atom. The van der Waals surface area contributed by atoms with Gasteiger partial charge < -0.3 is 9.80 Å². The fourth-order valence-electron chi connectivity index (χ4n) is 3.84. The predicted molar refractivity (Wildman–Crippen MR) is 122 cm³/mol. The molecule has 1 fully saturated rings. The van der Waals surface area contributed by atoms with Crippen molar-refractivity contribution in [3.05, 3.63) is 60.3 Å². The molecular formula is C23H24N8O. The summed E-state index contributed by atoms with van der Waals surface area (Å²) >= 11 is 0. The van der Waals surface area contributed by atoms with E-state index < -0.39 is 0 Å². The van der Waals surface area contributed by atoms with Crippen molar-refractivity contribution in [3.63, 3.8) is 0 Å². The molecule has 0 N–H and O–H groups in total. The van der Waals surface area contributed by atoms with Crippen molar-refractivity contribution in [2.75, 3.05) is 38.1 Å². The third-order valence-corrected chi connectivity index (χ3v) is 5.73. The molecule has 0 spiro atoms. The molecule has 9 nitrogen and oxygen atoms in total. The Kier molecular flexibility index (Phi) is 5.32. The van der Waals surface area contributed by atoms with Crippen molar-refractivity contribution in [1.29, 1.82) is 0 Å². The normalized spacial score (nSPS) is 14.8. The number of piperazine rings is 1. The number of fused-ring (bicyclic) bond motifs is 1. The second-order valence-electron chi connectivity index (χ2n) is 8.14. The monoisotopic (exact) mass is 428 g/mol. The Hall–Kier alpha value is -3.72. The second kappa shape index (κ2) is 8.43. The number of carbonyl (C=O) groups is 1. The maximum atomic E-state index is 12.9. The standard InChI is InChI=1S/C23H24N8O/c1-29-7-9-31(10-8-29)23-24-6-5-21(26-23)22(32)13-19-12-17-11-16(3-4-20(17)28-27-19)18-14-25-30(2)15-18/h3-6,11-12,14-15H,7-10,13H2,1-2H3. The summed E-state index contributed by atoms with van der Waals surface area (Å²) < 4.78 is 1.77. The Balaban J connectivity index is 1.36. The van der Waals surface area contributed by atoms with Crippen molar-refractivity contribution >= 4 is 22.6 Å². The van der Waals surface area contributed by atoms with Crippen LogP contribution < -0.4 is 4.90 Å². The van der Waals surface area contributed by atoms with Crippen molar-refractivity contribution in [2.45, 2.75) is 6.42 Å². The number of benzene rings is 1. The van der Waals surface area contributed by atoms with Crippen LogP contribution >= 0.6 is 0 Å². The number of hydrogen-bond donors (Lipinski definition) is 0. The maximum Gasteiger partial charge on any atom is 0.226 e. The largest absolute Gasteiger partial charge is 0.338 e. The first-order valence-electron chi connectivity index (χ1n) is 10.6. The highest BCUT2D eigenvalue weighted by atomic mass is 16.1. The van der Waals surface area contributed by atoms with E-state index in [0.717, 1.165) is 48.2 Å². The number of ketones is 1. The number of likely N-dealkylation sites (N-methyl/N-ethyl adjacent to an activating group) is 1. The van der Waals surface area contributed by atoms with Gasteiger partial charge in [0.1, 0.15) is 5.69 Å². The summed E-state index contributed by atoms with van der Waals surface area (Å²) in [4.78, 5) is 26.2. The van der Waals surface area contributed by atoms with Crippen molar-refractivity contribution < 1.29 is 4.79 Å². The van der Waals surface area contributed by atoms with E-state index in [-0.39, 0.29) is 12.2 Å². The van der Waals surface area contributed by atoms with E-state index in [1.165, 1.54) is 0 Å². The van der Waals surface area contributed by atoms with Crippen LogP contribution in [0, 0.1) is 0 Å². The van der Waals surface area contributed by atoms with E-state index >= 15 is 0 Å². The zero-order chi connectivity index (χ0) is 22.1. The highest BCUT2D eigenvalue weighted by Crippen LogP contribution is 2.23. The molecule has 9 heteroatoms. The lowest BCUT2D eigenvalue weighted by Crippen LogP contribution is -2.45. The second-order valence-corrected chi connectivity index (χ2v) is 8.14. The zero-order valence-electron chi connectivity index (χ0n) is 18.1. The highest BCUT2D eigenvalue weighted by molar-refractivity contribution is 5.96. The Morgan fingerprint density at radius 3 is 2.62 bits per heavy atom. The van der Waals surface area contributed by atoms with Gasteiger partial charge in [-0.3, -0.25) is 9.48 Å². The van der Waals surface area contributed by atoms with Gasteiger partial charge in [0, 0.05) is 56.6 Å². The first kappa shape index (κ1) is 20.2. The number of aryl methyl sites for hydroxylation is 1. The molecule has 1 saturated heterocycles. The lowest BCUT2D eigenvalue weighted by molar-refractivity contribution is 0.0987. The highest BCUT2D eigenvalue weighted by Gasteiger charge is 2.18. The summed E-state index contributed by atoms with van der Waals surface area (Å²) in [5.41, 5.74) is 3.88. The summed E-state index contributed by atoms with van der Waals surface area (Å²) in [6.45, 7) is 3.61. The molecule has 4 heterocycles. The summed E-state index contributed by atoms with van der Waals surface area (Å²) in [5.74, 6) is 0.509. The Bertz CT molecular complexity index is 1280. The van der Waals surface area contributed by atoms with Crippen molar-refractivity contribution in [1.82, 2.24) is 34.8 Å². The SMILES string of the molecule is CN1CCN(c2nccc(C(=O)Cc3cc4cc(-c5cnn(C)c5)ccc4nn3)n2)CC1. The van der Waals surface area contributed by atoms with Crippen LogP contribution in [0.3, 0.4) is 0 Å². The number of carbonyl (C=O) groups excluding carboxylic acids is 1. The van der Waals surface area contributed by atoms with E-state index in [1.54, 1.807) is 16.9 Å². The molecule has 0 bridgehead atoms. The Morgan fingerprint density at radius 1 is 1.00 bits per heavy atom. The fraction of sp³-hybridized carbons (Fsp3) is 0.304. The molecule has 0 saturated carbocycles. The smallest absolute Gasteiger partial charge is 0.226 e. The molecule has 0 amide bonds. The van der Waals surface area contributed by atoms with Gasteiger partial charge in [-0.05, 0) is 36.9 Å². The Labute approximate surface area is 185 Å². The van der Waals surface area contributed by atoms with Gasteiger partial charge in [0.25, 0.3) is 0 Å². The molecule has 1 aliphatic heterocycles. The van der Waals surface area contributed by atoms with E-state index in [1.807, 2.05) is 43.7 Å². The van der Waals surface area contributed by atoms with E-state index in [2.05, 4.69) is 42.1 Å². The van der Waals surface area contributed by atoms with Crippen LogP contribution in [-0.2, 0) is 13.5 Å². The summed E-state index contributed by atoms with van der Waals surface area (Å²) in [6, 6.07) is 9.56. The summed E-state index contributed by atoms with van der Waals surface area (Å²) in [6.07, 6.45) is 5.58. The number of hydrogen-bond acceptors (Lipinski definition) is 8. The number of aromatic nitrogens is 6. The van der Waals surface area contributed by atoms with Gasteiger partial charge in [0.05, 0.1) is 23.8 Å². The van der Waals surface area contributed by atoms with Crippen LogP contribution in [-0.4, -0.2) is 73.9 Å². The van der Waals surface area contributed by atoms with Crippen LogP contribution in [0.4, 0.5) is 5.95 Å². The average molecular weight is 429 g/mol. The first-order valence-corrected chi connectivity index (χ1v) is 10.6. The average Bonchev–Trinajstić information content (AvgIpc) is 3.25. The van der Waals surface area contributed by atoms with E-state index in [4.69, 9.17) is 0 Å². The molecule has 1 aromatic carbocycles. The van der Waals surface area contributed by atoms with Gasteiger partial charge in [0.15, 0.2) is 5.78 Å². The first-order chi connectivity index (χ1) is 15.5. The summed E-state index contributed by atoms with van der Waals surface area (Å²) in [7, 11) is 3.99. The maximum absolute atomic E-state index is 12.9. The van der Waals surface area contributed by atoms with Crippen molar-refractivity contribution in [2.24, 2.45) is 7.05 Å². The minimum atomic E-state index is -0.0974. The number of Topliss-reactive ketones (excluding diaryl/α,β-unsaturated/α-hetero) is 1. The molecule has 1 aliphatic rings. The van der Waals surface area contributed by atoms with Crippen LogP contribution in [0.15, 0.2) is 48.9 Å². The molecule has 0 radical (unpaired) electrons. The van der Waals surface area contributed by atoms with Gasteiger partial charge >= 0.3 is 0 Å². The van der Waals surface area contributed by atoms with Gasteiger partial charge in [-0.15, -0.1) is 0 Å². The van der Waals surface area contributed by atoms with Crippen LogP contribution in [0.5, 0.6) is 0 Å². The van der Waals surface area contributed by atoms with Crippen LogP contribution in [0.1, 0.15) is 16.2 Å². The van der Waals surface area contributed by atoms with Crippen LogP contribution in [0.2, 0.25) is 0 Å². The van der Waals surface area contributed by atoms with E-state index in [0.29, 0.717) is 17.3 Å². The molecule has 4 aromatic rings. The van der Waals surface area contributed by atoms with Crippen molar-refractivity contribution in [3.8, 4) is 11.1 Å². The number of anilines is 1.